The quantitative estimate of drug-likeness (QED) is 0.536. The van der Waals surface area contributed by atoms with E-state index in [1.165, 1.54) is 6.33 Å². The largest absolute Gasteiger partial charge is 0.493 e. The second-order valence-corrected chi connectivity index (χ2v) is 7.74. The second kappa shape index (κ2) is 9.69. The number of anilines is 1. The maximum atomic E-state index is 12.4. The number of carbonyl (C=O) groups excluding carboxylic acids is 1. The Morgan fingerprint density at radius 3 is 2.53 bits per heavy atom. The molecule has 0 unspecified atom stereocenters. The molecule has 1 aliphatic rings. The number of aromatic nitrogens is 2. The van der Waals surface area contributed by atoms with Crippen LogP contribution in [0.15, 0.2) is 42.7 Å². The Kier molecular flexibility index (Phi) is 6.55. The molecule has 0 radical (unpaired) electrons. The monoisotopic (exact) mass is 437 g/mol. The summed E-state index contributed by atoms with van der Waals surface area (Å²) in [6.07, 6.45) is 5.07. The summed E-state index contributed by atoms with van der Waals surface area (Å²) < 4.78 is 16.7. The number of carbonyl (C=O) groups is 1. The zero-order valence-electron chi connectivity index (χ0n) is 18.1. The smallest absolute Gasteiger partial charge is 0.319 e. The second-order valence-electron chi connectivity index (χ2n) is 7.74. The Labute approximate surface area is 186 Å². The lowest BCUT2D eigenvalue weighted by Crippen LogP contribution is -2.42. The van der Waals surface area contributed by atoms with Gasteiger partial charge in [-0.25, -0.2) is 14.8 Å². The number of methoxy groups -OCH3 is 2. The Balaban J connectivity index is 1.48. The van der Waals surface area contributed by atoms with Gasteiger partial charge in [-0.1, -0.05) is 6.07 Å². The average molecular weight is 438 g/mol. The van der Waals surface area contributed by atoms with Gasteiger partial charge in [0, 0.05) is 29.9 Å². The fourth-order valence-electron chi connectivity index (χ4n) is 3.81. The Bertz CT molecular complexity index is 1100. The molecule has 1 aliphatic carbocycles. The van der Waals surface area contributed by atoms with E-state index in [-0.39, 0.29) is 18.1 Å². The molecular weight excluding hydrogens is 410 g/mol. The molecule has 32 heavy (non-hydrogen) atoms. The molecular formula is C23H27N5O4. The number of hydrogen-bond donors (Lipinski definition) is 3. The maximum absolute atomic E-state index is 12.4. The number of nitrogens with zero attached hydrogens (tertiary/aromatic N) is 2. The standard InChI is InChI=1S/C23H27N5O4/c1-30-20-11-18-19(12-21(20)31-2)25-13-26-22(18)32-17-5-3-4-16(10-17)28-23(29)27-15-8-6-14(24)7-9-15/h3-5,10-15H,6-9,24H2,1-2H3,(H2,27,28,29). The van der Waals surface area contributed by atoms with Crippen molar-refractivity contribution in [2.75, 3.05) is 19.5 Å². The molecule has 4 rings (SSSR count). The van der Waals surface area contributed by atoms with Crippen LogP contribution in [0.4, 0.5) is 10.5 Å². The molecule has 1 saturated carbocycles. The van der Waals surface area contributed by atoms with Crippen LogP contribution in [0.25, 0.3) is 10.9 Å². The van der Waals surface area contributed by atoms with Crippen LogP contribution in [0.2, 0.25) is 0 Å². The lowest BCUT2D eigenvalue weighted by atomic mass is 9.92. The number of amides is 2. The van der Waals surface area contributed by atoms with Crippen LogP contribution in [0.3, 0.4) is 0 Å². The molecule has 0 atom stereocenters. The van der Waals surface area contributed by atoms with E-state index in [1.54, 1.807) is 50.6 Å². The molecule has 4 N–H and O–H groups in total. The average Bonchev–Trinajstić information content (AvgIpc) is 2.80. The van der Waals surface area contributed by atoms with Gasteiger partial charge in [0.25, 0.3) is 0 Å². The molecule has 1 fully saturated rings. The van der Waals surface area contributed by atoms with Gasteiger partial charge in [-0.05, 0) is 43.9 Å². The number of hydrogen-bond acceptors (Lipinski definition) is 7. The normalized spacial score (nSPS) is 18.1. The van der Waals surface area contributed by atoms with E-state index in [9.17, 15) is 4.79 Å². The zero-order chi connectivity index (χ0) is 22.5. The van der Waals surface area contributed by atoms with Crippen LogP contribution in [-0.2, 0) is 0 Å². The van der Waals surface area contributed by atoms with Gasteiger partial charge in [0.2, 0.25) is 5.88 Å². The highest BCUT2D eigenvalue weighted by atomic mass is 16.5. The Hall–Kier alpha value is -3.59. The van der Waals surface area contributed by atoms with Crippen molar-refractivity contribution in [2.45, 2.75) is 37.8 Å². The third-order valence-corrected chi connectivity index (χ3v) is 5.52. The molecule has 9 heteroatoms. The Morgan fingerprint density at radius 2 is 1.78 bits per heavy atom. The molecule has 2 amide bonds. The van der Waals surface area contributed by atoms with Gasteiger partial charge in [0.05, 0.1) is 25.1 Å². The van der Waals surface area contributed by atoms with Crippen molar-refractivity contribution >= 4 is 22.6 Å². The molecule has 0 bridgehead atoms. The third kappa shape index (κ3) is 5.00. The van der Waals surface area contributed by atoms with Crippen LogP contribution in [-0.4, -0.2) is 42.3 Å². The number of benzene rings is 2. The molecule has 3 aromatic rings. The van der Waals surface area contributed by atoms with Crippen molar-refractivity contribution < 1.29 is 19.0 Å². The van der Waals surface area contributed by atoms with Gasteiger partial charge in [-0.15, -0.1) is 0 Å². The minimum absolute atomic E-state index is 0.147. The van der Waals surface area contributed by atoms with Crippen molar-refractivity contribution in [1.82, 2.24) is 15.3 Å². The molecule has 2 aromatic carbocycles. The number of fused-ring (bicyclic) bond motifs is 1. The summed E-state index contributed by atoms with van der Waals surface area (Å²) in [7, 11) is 3.13. The summed E-state index contributed by atoms with van der Waals surface area (Å²) in [5.41, 5.74) is 7.21. The lowest BCUT2D eigenvalue weighted by Gasteiger charge is -2.26. The van der Waals surface area contributed by atoms with E-state index in [0.717, 1.165) is 25.7 Å². The number of ether oxygens (including phenoxy) is 3. The lowest BCUT2D eigenvalue weighted by molar-refractivity contribution is 0.242. The minimum Gasteiger partial charge on any atom is -0.493 e. The molecule has 168 valence electrons. The van der Waals surface area contributed by atoms with Gasteiger partial charge in [-0.2, -0.15) is 0 Å². The highest BCUT2D eigenvalue weighted by molar-refractivity contribution is 5.90. The fourth-order valence-corrected chi connectivity index (χ4v) is 3.81. The van der Waals surface area contributed by atoms with Gasteiger partial charge in [-0.3, -0.25) is 0 Å². The number of nitrogens with one attached hydrogen (secondary N) is 2. The first-order chi connectivity index (χ1) is 15.6. The Morgan fingerprint density at radius 1 is 1.03 bits per heavy atom. The summed E-state index contributed by atoms with van der Waals surface area (Å²) >= 11 is 0. The predicted molar refractivity (Wildman–Crippen MR) is 122 cm³/mol. The van der Waals surface area contributed by atoms with Crippen LogP contribution in [0.1, 0.15) is 25.7 Å². The van der Waals surface area contributed by atoms with Crippen molar-refractivity contribution in [1.29, 1.82) is 0 Å². The number of nitrogens with two attached hydrogens (primary N) is 1. The van der Waals surface area contributed by atoms with Crippen LogP contribution in [0, 0.1) is 0 Å². The zero-order valence-corrected chi connectivity index (χ0v) is 18.1. The minimum atomic E-state index is -0.244. The topological polar surface area (TPSA) is 121 Å². The molecule has 0 saturated heterocycles. The third-order valence-electron chi connectivity index (χ3n) is 5.52. The van der Waals surface area contributed by atoms with E-state index in [1.807, 2.05) is 0 Å². The van der Waals surface area contributed by atoms with Gasteiger partial charge in [0.15, 0.2) is 11.5 Å². The van der Waals surface area contributed by atoms with Gasteiger partial charge in [0.1, 0.15) is 12.1 Å². The predicted octanol–water partition coefficient (Wildman–Crippen LogP) is 3.83. The van der Waals surface area contributed by atoms with Gasteiger partial charge >= 0.3 is 6.03 Å². The summed E-state index contributed by atoms with van der Waals surface area (Å²) in [5, 5.41) is 6.56. The van der Waals surface area contributed by atoms with Crippen molar-refractivity contribution in [3.05, 3.63) is 42.7 Å². The van der Waals surface area contributed by atoms with E-state index in [0.29, 0.717) is 39.7 Å². The molecule has 1 aromatic heterocycles. The van der Waals surface area contributed by atoms with Crippen LogP contribution in [0.5, 0.6) is 23.1 Å². The summed E-state index contributed by atoms with van der Waals surface area (Å²) in [6.45, 7) is 0. The summed E-state index contributed by atoms with van der Waals surface area (Å²) in [5.74, 6) is 2.02. The van der Waals surface area contributed by atoms with Crippen LogP contribution >= 0.6 is 0 Å². The summed E-state index contributed by atoms with van der Waals surface area (Å²) in [6, 6.07) is 10.8. The maximum Gasteiger partial charge on any atom is 0.319 e. The SMILES string of the molecule is COc1cc2ncnc(Oc3cccc(NC(=O)NC4CCC(N)CC4)c3)c2cc1OC. The first kappa shape index (κ1) is 21.6. The highest BCUT2D eigenvalue weighted by Crippen LogP contribution is 2.36. The van der Waals surface area contributed by atoms with Crippen molar-refractivity contribution in [3.8, 4) is 23.1 Å². The van der Waals surface area contributed by atoms with E-state index in [4.69, 9.17) is 19.9 Å². The van der Waals surface area contributed by atoms with E-state index >= 15 is 0 Å². The van der Waals surface area contributed by atoms with Crippen molar-refractivity contribution in [2.24, 2.45) is 5.73 Å². The van der Waals surface area contributed by atoms with E-state index < -0.39 is 0 Å². The molecule has 1 heterocycles. The van der Waals surface area contributed by atoms with Crippen molar-refractivity contribution in [3.63, 3.8) is 0 Å². The first-order valence-corrected chi connectivity index (χ1v) is 10.5. The highest BCUT2D eigenvalue weighted by Gasteiger charge is 2.20. The molecule has 0 spiro atoms. The first-order valence-electron chi connectivity index (χ1n) is 10.5. The number of urea groups is 1. The number of rotatable bonds is 6. The molecule has 0 aliphatic heterocycles. The summed E-state index contributed by atoms with van der Waals surface area (Å²) in [4.78, 5) is 20.9. The van der Waals surface area contributed by atoms with Gasteiger partial charge < -0.3 is 30.6 Å². The fraction of sp³-hybridized carbons (Fsp3) is 0.348. The van der Waals surface area contributed by atoms with Crippen LogP contribution < -0.4 is 30.6 Å². The molecule has 9 nitrogen and oxygen atoms in total. The van der Waals surface area contributed by atoms with E-state index in [2.05, 4.69) is 20.6 Å².